The lowest BCUT2D eigenvalue weighted by Crippen LogP contribution is -2.08. The molecular weight excluding hydrogens is 222 g/mol. The Morgan fingerprint density at radius 1 is 1.19 bits per heavy atom. The molecule has 1 aliphatic heterocycles. The summed E-state index contributed by atoms with van der Waals surface area (Å²) in [5.41, 5.74) is 0. The third kappa shape index (κ3) is 1.29. The fraction of sp³-hybridized carbons (Fsp3) is 0.700. The molecule has 16 heavy (non-hydrogen) atoms. The Morgan fingerprint density at radius 2 is 2.12 bits per heavy atom. The van der Waals surface area contributed by atoms with Crippen molar-refractivity contribution in [2.24, 2.45) is 0 Å². The van der Waals surface area contributed by atoms with Crippen molar-refractivity contribution in [3.8, 4) is 0 Å². The van der Waals surface area contributed by atoms with Crippen molar-refractivity contribution in [3.05, 3.63) is 10.8 Å². The number of rotatable bonds is 2. The van der Waals surface area contributed by atoms with Gasteiger partial charge in [0.15, 0.2) is 5.82 Å². The number of hydrogen-bond donors (Lipinski definition) is 1. The maximum atomic E-state index is 4.69. The Hall–Kier alpha value is -1.01. The molecule has 0 bridgehead atoms. The maximum absolute atomic E-state index is 4.69. The van der Waals surface area contributed by atoms with Crippen LogP contribution in [0.2, 0.25) is 0 Å². The van der Waals surface area contributed by atoms with Crippen LogP contribution in [-0.4, -0.2) is 32.9 Å². The monoisotopic (exact) mass is 235 g/mol. The van der Waals surface area contributed by atoms with Crippen LogP contribution in [0, 0.1) is 0 Å². The van der Waals surface area contributed by atoms with Crippen LogP contribution in [0.15, 0.2) is 0 Å². The van der Waals surface area contributed by atoms with E-state index in [1.165, 1.54) is 24.3 Å². The van der Waals surface area contributed by atoms with Crippen LogP contribution in [0.3, 0.4) is 0 Å². The third-order valence-corrected chi connectivity index (χ3v) is 4.44. The van der Waals surface area contributed by atoms with Crippen molar-refractivity contribution >= 4 is 16.3 Å². The molecule has 1 atom stereocenters. The molecule has 0 spiro atoms. The lowest BCUT2D eigenvalue weighted by atomic mass is 10.1. The first-order valence-corrected chi connectivity index (χ1v) is 6.66. The highest BCUT2D eigenvalue weighted by atomic mass is 32.1. The van der Waals surface area contributed by atoms with Gasteiger partial charge in [0, 0.05) is 18.4 Å². The first-order chi connectivity index (χ1) is 7.92. The lowest BCUT2D eigenvalue weighted by molar-refractivity contribution is 0.715. The van der Waals surface area contributed by atoms with Crippen molar-refractivity contribution in [2.75, 3.05) is 13.1 Å². The molecule has 0 aromatic carbocycles. The molecule has 4 rings (SSSR count). The molecule has 1 aliphatic carbocycles. The standard InChI is InChI=1S/C10H13N5S/c1-2-6(1)8-12-13-10-15(8)14-9(16-10)7-3-4-11-5-7/h6-7,11H,1-5H2. The predicted octanol–water partition coefficient (Wildman–Crippen LogP) is 1.14. The van der Waals surface area contributed by atoms with Crippen LogP contribution in [-0.2, 0) is 0 Å². The van der Waals surface area contributed by atoms with E-state index in [2.05, 4.69) is 20.6 Å². The molecule has 1 N–H and O–H groups in total. The van der Waals surface area contributed by atoms with Crippen molar-refractivity contribution in [1.82, 2.24) is 25.1 Å². The Morgan fingerprint density at radius 3 is 2.88 bits per heavy atom. The summed E-state index contributed by atoms with van der Waals surface area (Å²) in [7, 11) is 0. The van der Waals surface area contributed by atoms with E-state index in [1.54, 1.807) is 11.3 Å². The zero-order chi connectivity index (χ0) is 10.5. The maximum Gasteiger partial charge on any atom is 0.234 e. The molecule has 1 unspecified atom stereocenters. The van der Waals surface area contributed by atoms with E-state index in [4.69, 9.17) is 0 Å². The molecule has 0 amide bonds. The minimum absolute atomic E-state index is 0.582. The van der Waals surface area contributed by atoms with E-state index in [1.807, 2.05) is 4.52 Å². The number of nitrogens with one attached hydrogen (secondary N) is 1. The molecule has 2 aliphatic rings. The molecule has 84 valence electrons. The van der Waals surface area contributed by atoms with Gasteiger partial charge in [-0.25, -0.2) is 0 Å². The van der Waals surface area contributed by atoms with Crippen LogP contribution in [0.25, 0.3) is 4.96 Å². The summed E-state index contributed by atoms with van der Waals surface area (Å²) < 4.78 is 1.97. The molecule has 3 heterocycles. The number of nitrogens with zero attached hydrogens (tertiary/aromatic N) is 4. The van der Waals surface area contributed by atoms with Gasteiger partial charge >= 0.3 is 0 Å². The molecule has 5 nitrogen and oxygen atoms in total. The minimum atomic E-state index is 0.582. The zero-order valence-electron chi connectivity index (χ0n) is 8.89. The summed E-state index contributed by atoms with van der Waals surface area (Å²) in [6, 6.07) is 0. The molecule has 6 heteroatoms. The SMILES string of the molecule is C1CC(c2nn3c(C4CC4)nnc3s2)CN1. The summed E-state index contributed by atoms with van der Waals surface area (Å²) in [6.45, 7) is 2.17. The predicted molar refractivity (Wildman–Crippen MR) is 60.9 cm³/mol. The summed E-state index contributed by atoms with van der Waals surface area (Å²) in [5.74, 6) is 2.27. The van der Waals surface area contributed by atoms with Gasteiger partial charge in [-0.15, -0.1) is 10.2 Å². The highest BCUT2D eigenvalue weighted by Crippen LogP contribution is 2.39. The van der Waals surface area contributed by atoms with E-state index in [9.17, 15) is 0 Å². The molecule has 1 saturated heterocycles. The summed E-state index contributed by atoms with van der Waals surface area (Å²) in [4.78, 5) is 0.962. The molecule has 2 fully saturated rings. The first kappa shape index (κ1) is 9.07. The molecular formula is C10H13N5S. The highest BCUT2D eigenvalue weighted by molar-refractivity contribution is 7.16. The molecule has 0 radical (unpaired) electrons. The van der Waals surface area contributed by atoms with E-state index >= 15 is 0 Å². The van der Waals surface area contributed by atoms with Crippen LogP contribution >= 0.6 is 11.3 Å². The van der Waals surface area contributed by atoms with Gasteiger partial charge in [0.1, 0.15) is 5.01 Å². The Labute approximate surface area is 96.9 Å². The van der Waals surface area contributed by atoms with Crippen LogP contribution in [0.4, 0.5) is 0 Å². The van der Waals surface area contributed by atoms with Crippen LogP contribution < -0.4 is 5.32 Å². The van der Waals surface area contributed by atoms with Crippen molar-refractivity contribution in [3.63, 3.8) is 0 Å². The van der Waals surface area contributed by atoms with Crippen LogP contribution in [0.1, 0.15) is 41.9 Å². The summed E-state index contributed by atoms with van der Waals surface area (Å²) >= 11 is 1.70. The average molecular weight is 235 g/mol. The van der Waals surface area contributed by atoms with E-state index in [0.717, 1.165) is 23.9 Å². The van der Waals surface area contributed by atoms with Gasteiger partial charge in [-0.2, -0.15) is 9.61 Å². The van der Waals surface area contributed by atoms with Crippen LogP contribution in [0.5, 0.6) is 0 Å². The third-order valence-electron chi connectivity index (χ3n) is 3.38. The average Bonchev–Trinajstić information content (AvgIpc) is 2.76. The Bertz CT molecular complexity index is 520. The summed E-state index contributed by atoms with van der Waals surface area (Å²) in [5, 5.41) is 17.7. The number of fused-ring (bicyclic) bond motifs is 1. The van der Waals surface area contributed by atoms with Gasteiger partial charge in [-0.05, 0) is 25.8 Å². The second-order valence-electron chi connectivity index (χ2n) is 4.66. The van der Waals surface area contributed by atoms with Gasteiger partial charge in [-0.1, -0.05) is 11.3 Å². The number of aromatic nitrogens is 4. The molecule has 2 aromatic rings. The van der Waals surface area contributed by atoms with E-state index < -0.39 is 0 Å². The van der Waals surface area contributed by atoms with Gasteiger partial charge in [0.05, 0.1) is 0 Å². The van der Waals surface area contributed by atoms with Gasteiger partial charge in [-0.3, -0.25) is 0 Å². The normalized spacial score (nSPS) is 25.6. The fourth-order valence-electron chi connectivity index (χ4n) is 2.27. The van der Waals surface area contributed by atoms with E-state index in [0.29, 0.717) is 11.8 Å². The topological polar surface area (TPSA) is 55.1 Å². The highest BCUT2D eigenvalue weighted by Gasteiger charge is 2.31. The quantitative estimate of drug-likeness (QED) is 0.848. The smallest absolute Gasteiger partial charge is 0.234 e. The lowest BCUT2D eigenvalue weighted by Gasteiger charge is -2.00. The molecule has 2 aromatic heterocycles. The van der Waals surface area contributed by atoms with Gasteiger partial charge in [0.2, 0.25) is 4.96 Å². The van der Waals surface area contributed by atoms with Crippen molar-refractivity contribution < 1.29 is 0 Å². The first-order valence-electron chi connectivity index (χ1n) is 5.84. The van der Waals surface area contributed by atoms with E-state index in [-0.39, 0.29) is 0 Å². The fourth-order valence-corrected chi connectivity index (χ4v) is 3.25. The van der Waals surface area contributed by atoms with Crippen molar-refractivity contribution in [1.29, 1.82) is 0 Å². The van der Waals surface area contributed by atoms with Gasteiger partial charge in [0.25, 0.3) is 0 Å². The minimum Gasteiger partial charge on any atom is -0.316 e. The number of hydrogen-bond acceptors (Lipinski definition) is 5. The second-order valence-corrected chi connectivity index (χ2v) is 5.64. The Balaban J connectivity index is 1.77. The van der Waals surface area contributed by atoms with Crippen molar-refractivity contribution in [2.45, 2.75) is 31.1 Å². The summed E-state index contributed by atoms with van der Waals surface area (Å²) in [6.07, 6.45) is 3.69. The van der Waals surface area contributed by atoms with Gasteiger partial charge < -0.3 is 5.32 Å². The largest absolute Gasteiger partial charge is 0.316 e. The Kier molecular flexibility index (Phi) is 1.84. The molecule has 1 saturated carbocycles. The zero-order valence-corrected chi connectivity index (χ0v) is 9.70. The second kappa shape index (κ2) is 3.24.